The third kappa shape index (κ3) is 3.17. The van der Waals surface area contributed by atoms with Gasteiger partial charge in [-0.2, -0.15) is 0 Å². The molecule has 0 aliphatic heterocycles. The van der Waals surface area contributed by atoms with E-state index in [1.807, 2.05) is 42.5 Å². The third-order valence-corrected chi connectivity index (χ3v) is 4.33. The summed E-state index contributed by atoms with van der Waals surface area (Å²) in [5.41, 5.74) is 2.16. The molecule has 0 amide bonds. The highest BCUT2D eigenvalue weighted by Crippen LogP contribution is 2.43. The molecule has 22 heavy (non-hydrogen) atoms. The van der Waals surface area contributed by atoms with Crippen molar-refractivity contribution in [3.63, 3.8) is 0 Å². The molecule has 2 aromatic rings. The third-order valence-electron chi connectivity index (χ3n) is 3.93. The summed E-state index contributed by atoms with van der Waals surface area (Å²) in [6, 6.07) is 16.9. The predicted molar refractivity (Wildman–Crippen MR) is 90.1 cm³/mol. The Morgan fingerprint density at radius 3 is 2.45 bits per heavy atom. The summed E-state index contributed by atoms with van der Waals surface area (Å²) in [5.74, 6) is 0.224. The zero-order chi connectivity index (χ0) is 15.5. The molecule has 2 unspecified atom stereocenters. The Bertz CT molecular complexity index is 682. The molecule has 0 heterocycles. The van der Waals surface area contributed by atoms with Crippen molar-refractivity contribution < 1.29 is 9.90 Å². The topological polar surface area (TPSA) is 49.3 Å². The van der Waals surface area contributed by atoms with E-state index < -0.39 is 0 Å². The van der Waals surface area contributed by atoms with Crippen molar-refractivity contribution in [2.45, 2.75) is 12.3 Å². The summed E-state index contributed by atoms with van der Waals surface area (Å²) >= 11 is 5.36. The van der Waals surface area contributed by atoms with Gasteiger partial charge in [0, 0.05) is 6.54 Å². The molecule has 4 heteroatoms. The first kappa shape index (κ1) is 14.7. The van der Waals surface area contributed by atoms with Gasteiger partial charge in [-0.3, -0.25) is 4.79 Å². The van der Waals surface area contributed by atoms with Crippen molar-refractivity contribution in [3.05, 3.63) is 65.7 Å². The molecular formula is C18H17NO2S. The SMILES string of the molecule is O=C1C(C(=S)NCCc2ccc(O)cc2)C1c1ccccc1. The number of carbonyl (C=O) groups excluding carboxylic acids is 1. The maximum atomic E-state index is 12.0. The second-order valence-electron chi connectivity index (χ2n) is 5.48. The van der Waals surface area contributed by atoms with Crippen LogP contribution in [0.3, 0.4) is 0 Å². The fourth-order valence-electron chi connectivity index (χ4n) is 2.64. The lowest BCUT2D eigenvalue weighted by Gasteiger charge is -2.07. The minimum Gasteiger partial charge on any atom is -0.508 e. The first-order valence-corrected chi connectivity index (χ1v) is 7.72. The van der Waals surface area contributed by atoms with Crippen LogP contribution in [0.2, 0.25) is 0 Å². The van der Waals surface area contributed by atoms with Crippen LogP contribution in [0.5, 0.6) is 5.75 Å². The molecule has 0 spiro atoms. The standard InChI is InChI=1S/C18H17NO2S/c20-14-8-6-12(7-9-14)10-11-19-18(22)16-15(17(16)21)13-4-2-1-3-5-13/h1-9,15-16,20H,10-11H2,(H,19,22). The largest absolute Gasteiger partial charge is 0.508 e. The number of phenols is 1. The number of carbonyl (C=O) groups is 1. The molecule has 1 saturated carbocycles. The van der Waals surface area contributed by atoms with E-state index in [9.17, 15) is 9.90 Å². The number of phenolic OH excluding ortho intramolecular Hbond substituents is 1. The summed E-state index contributed by atoms with van der Waals surface area (Å²) in [5, 5.41) is 12.4. The molecule has 2 atom stereocenters. The van der Waals surface area contributed by atoms with Crippen LogP contribution in [-0.4, -0.2) is 22.4 Å². The van der Waals surface area contributed by atoms with E-state index in [1.165, 1.54) is 0 Å². The quantitative estimate of drug-likeness (QED) is 0.834. The molecular weight excluding hydrogens is 294 g/mol. The summed E-state index contributed by atoms with van der Waals surface area (Å²) in [7, 11) is 0. The molecule has 3 nitrogen and oxygen atoms in total. The number of ketones is 1. The van der Waals surface area contributed by atoms with E-state index in [0.29, 0.717) is 11.5 Å². The average Bonchev–Trinajstić information content (AvgIpc) is 3.21. The number of aromatic hydroxyl groups is 1. The van der Waals surface area contributed by atoms with E-state index >= 15 is 0 Å². The Balaban J connectivity index is 1.51. The highest BCUT2D eigenvalue weighted by atomic mass is 32.1. The van der Waals surface area contributed by atoms with Crippen LogP contribution in [0, 0.1) is 5.92 Å². The van der Waals surface area contributed by atoms with Crippen LogP contribution < -0.4 is 5.32 Å². The lowest BCUT2D eigenvalue weighted by atomic mass is 10.1. The Hall–Kier alpha value is -2.20. The zero-order valence-corrected chi connectivity index (χ0v) is 12.8. The van der Waals surface area contributed by atoms with Crippen LogP contribution in [-0.2, 0) is 11.2 Å². The second-order valence-corrected chi connectivity index (χ2v) is 5.92. The van der Waals surface area contributed by atoms with Gasteiger partial charge in [0.15, 0.2) is 5.78 Å². The normalized spacial score (nSPS) is 19.7. The van der Waals surface area contributed by atoms with E-state index in [-0.39, 0.29) is 23.4 Å². The van der Waals surface area contributed by atoms with E-state index in [0.717, 1.165) is 17.5 Å². The van der Waals surface area contributed by atoms with Crippen molar-refractivity contribution in [1.82, 2.24) is 5.32 Å². The van der Waals surface area contributed by atoms with Gasteiger partial charge in [-0.1, -0.05) is 54.7 Å². The van der Waals surface area contributed by atoms with Gasteiger partial charge in [0.25, 0.3) is 0 Å². The molecule has 3 rings (SSSR count). The zero-order valence-electron chi connectivity index (χ0n) is 12.0. The Morgan fingerprint density at radius 1 is 1.09 bits per heavy atom. The van der Waals surface area contributed by atoms with Crippen molar-refractivity contribution in [2.24, 2.45) is 5.92 Å². The fourth-order valence-corrected chi connectivity index (χ4v) is 2.99. The van der Waals surface area contributed by atoms with Crippen LogP contribution in [0.25, 0.3) is 0 Å². The van der Waals surface area contributed by atoms with Crippen molar-refractivity contribution in [2.75, 3.05) is 6.54 Å². The molecule has 1 fully saturated rings. The second kappa shape index (κ2) is 6.28. The minimum atomic E-state index is -0.169. The van der Waals surface area contributed by atoms with Crippen LogP contribution in [0.1, 0.15) is 17.0 Å². The number of nitrogens with one attached hydrogen (secondary N) is 1. The van der Waals surface area contributed by atoms with Crippen LogP contribution >= 0.6 is 12.2 Å². The summed E-state index contributed by atoms with van der Waals surface area (Å²) in [6.07, 6.45) is 0.803. The highest BCUT2D eigenvalue weighted by molar-refractivity contribution is 7.80. The van der Waals surface area contributed by atoms with Crippen LogP contribution in [0.4, 0.5) is 0 Å². The first-order valence-electron chi connectivity index (χ1n) is 7.31. The van der Waals surface area contributed by atoms with Crippen LogP contribution in [0.15, 0.2) is 54.6 Å². The van der Waals surface area contributed by atoms with Gasteiger partial charge >= 0.3 is 0 Å². The maximum Gasteiger partial charge on any atom is 0.152 e. The smallest absolute Gasteiger partial charge is 0.152 e. The number of hydrogen-bond donors (Lipinski definition) is 2. The van der Waals surface area contributed by atoms with Crippen molar-refractivity contribution in [3.8, 4) is 5.75 Å². The van der Waals surface area contributed by atoms with Gasteiger partial charge < -0.3 is 10.4 Å². The van der Waals surface area contributed by atoms with Gasteiger partial charge in [-0.15, -0.1) is 0 Å². The number of benzene rings is 2. The van der Waals surface area contributed by atoms with Gasteiger partial charge in [0.05, 0.1) is 16.8 Å². The Kier molecular flexibility index (Phi) is 4.20. The molecule has 0 radical (unpaired) electrons. The molecule has 2 aromatic carbocycles. The van der Waals surface area contributed by atoms with E-state index in [1.54, 1.807) is 12.1 Å². The number of rotatable bonds is 5. The molecule has 1 aliphatic carbocycles. The lowest BCUT2D eigenvalue weighted by Crippen LogP contribution is -2.26. The van der Waals surface area contributed by atoms with Gasteiger partial charge in [-0.05, 0) is 29.7 Å². The molecule has 1 aliphatic rings. The highest BCUT2D eigenvalue weighted by Gasteiger charge is 2.52. The molecule has 0 saturated heterocycles. The Labute approximate surface area is 135 Å². The Morgan fingerprint density at radius 2 is 1.77 bits per heavy atom. The average molecular weight is 311 g/mol. The van der Waals surface area contributed by atoms with Crippen molar-refractivity contribution in [1.29, 1.82) is 0 Å². The van der Waals surface area contributed by atoms with Gasteiger partial charge in [-0.25, -0.2) is 0 Å². The minimum absolute atomic E-state index is 0.0742. The number of Topliss-reactive ketones (excluding diaryl/α,β-unsaturated/α-hetero) is 1. The van der Waals surface area contributed by atoms with E-state index in [4.69, 9.17) is 12.2 Å². The predicted octanol–water partition coefficient (Wildman–Crippen LogP) is 2.83. The fraction of sp³-hybridized carbons (Fsp3) is 0.222. The maximum absolute atomic E-state index is 12.0. The monoisotopic (exact) mass is 311 g/mol. The van der Waals surface area contributed by atoms with E-state index in [2.05, 4.69) is 5.32 Å². The number of hydrogen-bond acceptors (Lipinski definition) is 3. The molecule has 0 aromatic heterocycles. The molecule has 0 bridgehead atoms. The lowest BCUT2D eigenvalue weighted by molar-refractivity contribution is -0.110. The van der Waals surface area contributed by atoms with Gasteiger partial charge in [0.2, 0.25) is 0 Å². The van der Waals surface area contributed by atoms with Crippen molar-refractivity contribution >= 4 is 23.0 Å². The summed E-state index contributed by atoms with van der Waals surface area (Å²) in [6.45, 7) is 0.689. The summed E-state index contributed by atoms with van der Waals surface area (Å²) in [4.78, 5) is 12.6. The summed E-state index contributed by atoms with van der Waals surface area (Å²) < 4.78 is 0. The molecule has 112 valence electrons. The number of thiocarbonyl (C=S) groups is 1. The van der Waals surface area contributed by atoms with Gasteiger partial charge in [0.1, 0.15) is 5.75 Å². The molecule has 2 N–H and O–H groups in total. The first-order chi connectivity index (χ1) is 10.7.